The minimum absolute atomic E-state index is 0.408. The van der Waals surface area contributed by atoms with Gasteiger partial charge in [-0.1, -0.05) is 13.8 Å². The Morgan fingerprint density at radius 3 is 2.93 bits per heavy atom. The minimum Gasteiger partial charge on any atom is -0.361 e. The number of aryl methyl sites for hydroxylation is 1. The summed E-state index contributed by atoms with van der Waals surface area (Å²) >= 11 is 1.91. The van der Waals surface area contributed by atoms with Crippen LogP contribution in [0.25, 0.3) is 0 Å². The van der Waals surface area contributed by atoms with E-state index < -0.39 is 0 Å². The summed E-state index contributed by atoms with van der Waals surface area (Å²) in [4.78, 5) is 14.4. The lowest BCUT2D eigenvalue weighted by molar-refractivity contribution is 0.112. The van der Waals surface area contributed by atoms with Crippen molar-refractivity contribution in [1.29, 1.82) is 0 Å². The first-order valence-corrected chi connectivity index (χ1v) is 6.16. The summed E-state index contributed by atoms with van der Waals surface area (Å²) in [5.41, 5.74) is 4.57. The summed E-state index contributed by atoms with van der Waals surface area (Å²) in [6.07, 6.45) is 2.09. The van der Waals surface area contributed by atoms with Gasteiger partial charge in [-0.25, -0.2) is 0 Å². The van der Waals surface area contributed by atoms with Gasteiger partial charge in [-0.2, -0.15) is 11.8 Å². The Morgan fingerprint density at radius 2 is 2.29 bits per heavy atom. The molecule has 0 fully saturated rings. The highest BCUT2D eigenvalue weighted by atomic mass is 32.2. The van der Waals surface area contributed by atoms with Crippen molar-refractivity contribution in [2.75, 3.05) is 5.75 Å². The molecule has 0 atom stereocenters. The van der Waals surface area contributed by atoms with Crippen LogP contribution in [-0.4, -0.2) is 17.0 Å². The van der Waals surface area contributed by atoms with Crippen molar-refractivity contribution in [3.05, 3.63) is 22.5 Å². The molecule has 0 aromatic carbocycles. The topological polar surface area (TPSA) is 32.9 Å². The lowest BCUT2D eigenvalue weighted by Gasteiger charge is -2.10. The van der Waals surface area contributed by atoms with Gasteiger partial charge in [0, 0.05) is 22.7 Å². The van der Waals surface area contributed by atoms with Gasteiger partial charge in [-0.3, -0.25) is 4.79 Å². The van der Waals surface area contributed by atoms with Crippen molar-refractivity contribution in [2.24, 2.45) is 0 Å². The maximum atomic E-state index is 11.0. The third-order valence-electron chi connectivity index (χ3n) is 2.70. The zero-order chi connectivity index (χ0) is 10.1. The second-order valence-corrected chi connectivity index (χ2v) is 5.09. The highest BCUT2D eigenvalue weighted by molar-refractivity contribution is 7.98. The Bertz CT molecular complexity index is 354. The molecule has 0 spiro atoms. The fourth-order valence-corrected chi connectivity index (χ4v) is 2.97. The summed E-state index contributed by atoms with van der Waals surface area (Å²) in [5.74, 6) is 2.57. The van der Waals surface area contributed by atoms with E-state index >= 15 is 0 Å². The Morgan fingerprint density at radius 1 is 1.50 bits per heavy atom. The highest BCUT2D eigenvalue weighted by Gasteiger charge is 2.20. The van der Waals surface area contributed by atoms with Crippen molar-refractivity contribution in [2.45, 2.75) is 31.9 Å². The van der Waals surface area contributed by atoms with Crippen LogP contribution < -0.4 is 0 Å². The van der Waals surface area contributed by atoms with Gasteiger partial charge in [0.15, 0.2) is 6.29 Å². The number of nitrogens with one attached hydrogen (secondary N) is 1. The number of thioether (sulfide) groups is 1. The van der Waals surface area contributed by atoms with Gasteiger partial charge < -0.3 is 4.98 Å². The monoisotopic (exact) mass is 209 g/mol. The first-order valence-electron chi connectivity index (χ1n) is 5.00. The molecule has 3 heteroatoms. The van der Waals surface area contributed by atoms with Crippen LogP contribution in [0, 0.1) is 0 Å². The van der Waals surface area contributed by atoms with Crippen molar-refractivity contribution < 1.29 is 4.79 Å². The number of carbonyl (C=O) groups excluding carboxylic acids is 1. The first-order chi connectivity index (χ1) is 6.74. The molecular formula is C11H15NOS. The number of aldehydes is 1. The molecule has 2 heterocycles. The van der Waals surface area contributed by atoms with Crippen LogP contribution in [0.1, 0.15) is 47.1 Å². The normalized spacial score (nSPS) is 15.6. The number of aromatic amines is 1. The quantitative estimate of drug-likeness (QED) is 0.760. The molecule has 76 valence electrons. The molecule has 1 aliphatic rings. The molecular weight excluding hydrogens is 194 g/mol. The smallest absolute Gasteiger partial charge is 0.152 e. The van der Waals surface area contributed by atoms with Gasteiger partial charge in [-0.15, -0.1) is 0 Å². The largest absolute Gasteiger partial charge is 0.361 e. The van der Waals surface area contributed by atoms with Gasteiger partial charge in [0.1, 0.15) is 0 Å². The molecule has 14 heavy (non-hydrogen) atoms. The van der Waals surface area contributed by atoms with Crippen LogP contribution in [0.2, 0.25) is 0 Å². The summed E-state index contributed by atoms with van der Waals surface area (Å²) in [7, 11) is 0. The van der Waals surface area contributed by atoms with Gasteiger partial charge in [0.05, 0.1) is 0 Å². The predicted molar refractivity (Wildman–Crippen MR) is 60.1 cm³/mol. The Balaban J connectivity index is 2.51. The molecule has 0 saturated carbocycles. The Kier molecular flexibility index (Phi) is 2.68. The molecule has 0 saturated heterocycles. The standard InChI is InChI=1S/C11H15NOS/c1-7(2)11-8(5-13)9-6-14-4-3-10(9)12-11/h5,7,12H,3-4,6H2,1-2H3. The van der Waals surface area contributed by atoms with Crippen molar-refractivity contribution in [3.63, 3.8) is 0 Å². The average molecular weight is 209 g/mol. The van der Waals surface area contributed by atoms with Crippen LogP contribution >= 0.6 is 11.8 Å². The number of rotatable bonds is 2. The summed E-state index contributed by atoms with van der Waals surface area (Å²) < 4.78 is 0. The van der Waals surface area contributed by atoms with E-state index in [0.29, 0.717) is 5.92 Å². The van der Waals surface area contributed by atoms with Crippen LogP contribution in [0.3, 0.4) is 0 Å². The van der Waals surface area contributed by atoms with Crippen LogP contribution in [0.5, 0.6) is 0 Å². The third kappa shape index (κ3) is 1.50. The van der Waals surface area contributed by atoms with E-state index in [2.05, 4.69) is 18.8 Å². The van der Waals surface area contributed by atoms with E-state index in [0.717, 1.165) is 29.7 Å². The number of aromatic nitrogens is 1. The van der Waals surface area contributed by atoms with Crippen molar-refractivity contribution in [3.8, 4) is 0 Å². The molecule has 0 amide bonds. The molecule has 2 rings (SSSR count). The third-order valence-corrected chi connectivity index (χ3v) is 3.69. The number of fused-ring (bicyclic) bond motifs is 1. The highest BCUT2D eigenvalue weighted by Crippen LogP contribution is 2.31. The van der Waals surface area contributed by atoms with Crippen molar-refractivity contribution >= 4 is 18.0 Å². The molecule has 1 aromatic rings. The summed E-state index contributed by atoms with van der Waals surface area (Å²) in [6.45, 7) is 4.24. The lowest BCUT2D eigenvalue weighted by Crippen LogP contribution is -2.01. The number of hydrogen-bond acceptors (Lipinski definition) is 2. The van der Waals surface area contributed by atoms with E-state index in [1.165, 1.54) is 17.0 Å². The first kappa shape index (κ1) is 9.84. The van der Waals surface area contributed by atoms with Gasteiger partial charge in [-0.05, 0) is 23.7 Å². The van der Waals surface area contributed by atoms with E-state index in [4.69, 9.17) is 0 Å². The predicted octanol–water partition coefficient (Wildman–Crippen LogP) is 2.74. The molecule has 1 aliphatic heterocycles. The van der Waals surface area contributed by atoms with E-state index in [-0.39, 0.29) is 0 Å². The van der Waals surface area contributed by atoms with Gasteiger partial charge in [0.2, 0.25) is 0 Å². The fraction of sp³-hybridized carbons (Fsp3) is 0.545. The van der Waals surface area contributed by atoms with Gasteiger partial charge in [0.25, 0.3) is 0 Å². The summed E-state index contributed by atoms with van der Waals surface area (Å²) in [6, 6.07) is 0. The molecule has 0 radical (unpaired) electrons. The molecule has 2 nitrogen and oxygen atoms in total. The second kappa shape index (κ2) is 3.81. The van der Waals surface area contributed by atoms with Crippen LogP contribution in [0.15, 0.2) is 0 Å². The molecule has 0 bridgehead atoms. The molecule has 0 aliphatic carbocycles. The molecule has 1 aromatic heterocycles. The maximum absolute atomic E-state index is 11.0. The molecule has 0 unspecified atom stereocenters. The zero-order valence-electron chi connectivity index (χ0n) is 8.59. The Hall–Kier alpha value is -0.700. The average Bonchev–Trinajstić information content (AvgIpc) is 2.56. The van der Waals surface area contributed by atoms with Crippen LogP contribution in [-0.2, 0) is 12.2 Å². The maximum Gasteiger partial charge on any atom is 0.152 e. The second-order valence-electron chi connectivity index (χ2n) is 3.98. The van der Waals surface area contributed by atoms with E-state index in [1.54, 1.807) is 0 Å². The number of H-pyrrole nitrogens is 1. The Labute approximate surface area is 88.5 Å². The SMILES string of the molecule is CC(C)c1[nH]c2c(c1C=O)CSCC2. The number of carbonyl (C=O) groups is 1. The van der Waals surface area contributed by atoms with Gasteiger partial charge >= 0.3 is 0 Å². The van der Waals surface area contributed by atoms with E-state index in [9.17, 15) is 4.79 Å². The zero-order valence-corrected chi connectivity index (χ0v) is 9.41. The van der Waals surface area contributed by atoms with Crippen molar-refractivity contribution in [1.82, 2.24) is 4.98 Å². The van der Waals surface area contributed by atoms with Crippen LogP contribution in [0.4, 0.5) is 0 Å². The van der Waals surface area contributed by atoms with E-state index in [1.807, 2.05) is 11.8 Å². The minimum atomic E-state index is 0.408. The lowest BCUT2D eigenvalue weighted by atomic mass is 10.0. The summed E-state index contributed by atoms with van der Waals surface area (Å²) in [5, 5.41) is 0. The number of hydrogen-bond donors (Lipinski definition) is 1. The fourth-order valence-electron chi connectivity index (χ4n) is 1.95. The molecule has 1 N–H and O–H groups in total.